The molecule has 0 saturated carbocycles. The first-order valence-corrected chi connectivity index (χ1v) is 7.74. The Morgan fingerprint density at radius 3 is 2.63 bits per heavy atom. The van der Waals surface area contributed by atoms with Crippen molar-refractivity contribution in [2.75, 3.05) is 6.54 Å². The Hall–Kier alpha value is -0.980. The van der Waals surface area contributed by atoms with E-state index >= 15 is 0 Å². The molecule has 0 aliphatic rings. The number of aliphatic hydroxyl groups excluding tert-OH is 1. The molecule has 0 aliphatic heterocycles. The van der Waals surface area contributed by atoms with Crippen molar-refractivity contribution in [3.63, 3.8) is 0 Å². The fourth-order valence-corrected chi connectivity index (χ4v) is 2.76. The molecule has 108 valence electrons. The molecule has 1 aromatic rings. The van der Waals surface area contributed by atoms with Gasteiger partial charge in [-0.1, -0.05) is 13.8 Å². The summed E-state index contributed by atoms with van der Waals surface area (Å²) in [7, 11) is -3.64. The molecule has 19 heavy (non-hydrogen) atoms. The summed E-state index contributed by atoms with van der Waals surface area (Å²) in [6.45, 7) is 3.97. The molecule has 0 fully saturated rings. The molecule has 0 unspecified atom stereocenters. The van der Waals surface area contributed by atoms with E-state index in [0.717, 1.165) is 25.0 Å². The number of nitrogens with one attached hydrogen (secondary N) is 1. The molecule has 0 amide bonds. The molecule has 0 heterocycles. The molecular formula is C13H20FNO3S. The van der Waals surface area contributed by atoms with Crippen molar-refractivity contribution in [3.05, 3.63) is 29.6 Å². The second-order valence-electron chi connectivity index (χ2n) is 4.85. The van der Waals surface area contributed by atoms with Crippen LogP contribution in [0.25, 0.3) is 0 Å². The van der Waals surface area contributed by atoms with Gasteiger partial charge in [0, 0.05) is 12.1 Å². The van der Waals surface area contributed by atoms with E-state index in [9.17, 15) is 12.8 Å². The van der Waals surface area contributed by atoms with E-state index in [1.54, 1.807) is 0 Å². The van der Waals surface area contributed by atoms with Crippen molar-refractivity contribution in [1.29, 1.82) is 0 Å². The molecule has 0 aromatic heterocycles. The highest BCUT2D eigenvalue weighted by Gasteiger charge is 2.15. The number of aliphatic hydroxyl groups is 1. The summed E-state index contributed by atoms with van der Waals surface area (Å²) in [6, 6.07) is 3.40. The van der Waals surface area contributed by atoms with Crippen LogP contribution in [0.15, 0.2) is 23.1 Å². The lowest BCUT2D eigenvalue weighted by Crippen LogP contribution is -2.25. The molecule has 0 aliphatic carbocycles. The zero-order chi connectivity index (χ0) is 14.5. The third kappa shape index (κ3) is 4.89. The van der Waals surface area contributed by atoms with E-state index in [4.69, 9.17) is 5.11 Å². The first-order chi connectivity index (χ1) is 8.86. The Labute approximate surface area is 113 Å². The highest BCUT2D eigenvalue weighted by Crippen LogP contribution is 2.15. The average Bonchev–Trinajstić information content (AvgIpc) is 2.35. The van der Waals surface area contributed by atoms with Crippen molar-refractivity contribution >= 4 is 10.0 Å². The van der Waals surface area contributed by atoms with Gasteiger partial charge >= 0.3 is 0 Å². The van der Waals surface area contributed by atoms with Crippen LogP contribution in [0.4, 0.5) is 4.39 Å². The molecule has 4 nitrogen and oxygen atoms in total. The second kappa shape index (κ2) is 6.98. The minimum atomic E-state index is -3.64. The molecular weight excluding hydrogens is 269 g/mol. The largest absolute Gasteiger partial charge is 0.392 e. The van der Waals surface area contributed by atoms with Crippen LogP contribution in [0.1, 0.15) is 32.3 Å². The van der Waals surface area contributed by atoms with Gasteiger partial charge in [0.25, 0.3) is 0 Å². The molecule has 1 aromatic carbocycles. The standard InChI is InChI=1S/C13H20FNO3S/c1-10(2)4-3-7-15-19(17,18)12-5-6-13(14)11(8-12)9-16/h5-6,8,10,15-16H,3-4,7,9H2,1-2H3. The van der Waals surface area contributed by atoms with E-state index < -0.39 is 22.4 Å². The maximum atomic E-state index is 13.2. The van der Waals surface area contributed by atoms with Gasteiger partial charge < -0.3 is 5.11 Å². The summed E-state index contributed by atoms with van der Waals surface area (Å²) in [5.41, 5.74) is -0.0231. The maximum absolute atomic E-state index is 13.2. The topological polar surface area (TPSA) is 66.4 Å². The third-order valence-corrected chi connectivity index (χ3v) is 4.21. The number of sulfonamides is 1. The minimum Gasteiger partial charge on any atom is -0.392 e. The summed E-state index contributed by atoms with van der Waals surface area (Å²) < 4.78 is 39.5. The average molecular weight is 289 g/mol. The fourth-order valence-electron chi connectivity index (χ4n) is 1.64. The number of benzene rings is 1. The Morgan fingerprint density at radius 2 is 2.05 bits per heavy atom. The van der Waals surface area contributed by atoms with Gasteiger partial charge in [-0.2, -0.15) is 0 Å². The Kier molecular flexibility index (Phi) is 5.90. The van der Waals surface area contributed by atoms with Gasteiger partial charge in [-0.3, -0.25) is 0 Å². The molecule has 0 bridgehead atoms. The quantitative estimate of drug-likeness (QED) is 0.755. The van der Waals surface area contributed by atoms with Crippen LogP contribution in [0.2, 0.25) is 0 Å². The summed E-state index contributed by atoms with van der Waals surface area (Å²) in [5.74, 6) is -0.0856. The van der Waals surface area contributed by atoms with Crippen molar-refractivity contribution in [1.82, 2.24) is 4.72 Å². The fraction of sp³-hybridized carbons (Fsp3) is 0.538. The highest BCUT2D eigenvalue weighted by atomic mass is 32.2. The predicted octanol–water partition coefficient (Wildman–Crippen LogP) is 2.03. The summed E-state index contributed by atoms with van der Waals surface area (Å²) >= 11 is 0. The molecule has 0 atom stereocenters. The van der Waals surface area contributed by atoms with Gasteiger partial charge in [-0.25, -0.2) is 17.5 Å². The summed E-state index contributed by atoms with van der Waals surface area (Å²) in [5, 5.41) is 8.93. The highest BCUT2D eigenvalue weighted by molar-refractivity contribution is 7.89. The van der Waals surface area contributed by atoms with Gasteiger partial charge in [0.2, 0.25) is 10.0 Å². The number of hydrogen-bond donors (Lipinski definition) is 2. The van der Waals surface area contributed by atoms with Crippen LogP contribution in [0.3, 0.4) is 0 Å². The van der Waals surface area contributed by atoms with Crippen molar-refractivity contribution in [2.45, 2.75) is 38.2 Å². The summed E-state index contributed by atoms with van der Waals surface area (Å²) in [6.07, 6.45) is 1.69. The van der Waals surface area contributed by atoms with Crippen LogP contribution >= 0.6 is 0 Å². The van der Waals surface area contributed by atoms with E-state index in [-0.39, 0.29) is 10.5 Å². The van der Waals surface area contributed by atoms with Crippen LogP contribution in [0.5, 0.6) is 0 Å². The van der Waals surface area contributed by atoms with Crippen LogP contribution in [0, 0.1) is 11.7 Å². The van der Waals surface area contributed by atoms with Gasteiger partial charge in [-0.15, -0.1) is 0 Å². The first-order valence-electron chi connectivity index (χ1n) is 6.25. The SMILES string of the molecule is CC(C)CCCNS(=O)(=O)c1ccc(F)c(CO)c1. The normalized spacial score (nSPS) is 12.1. The number of halogens is 1. The van der Waals surface area contributed by atoms with Gasteiger partial charge in [0.1, 0.15) is 5.82 Å². The van der Waals surface area contributed by atoms with Crippen LogP contribution in [-0.2, 0) is 16.6 Å². The maximum Gasteiger partial charge on any atom is 0.240 e. The lowest BCUT2D eigenvalue weighted by molar-refractivity contribution is 0.275. The Morgan fingerprint density at radius 1 is 1.37 bits per heavy atom. The smallest absolute Gasteiger partial charge is 0.240 e. The lowest BCUT2D eigenvalue weighted by Gasteiger charge is -2.09. The molecule has 2 N–H and O–H groups in total. The lowest BCUT2D eigenvalue weighted by atomic mass is 10.1. The zero-order valence-corrected chi connectivity index (χ0v) is 12.0. The zero-order valence-electron chi connectivity index (χ0n) is 11.2. The van der Waals surface area contributed by atoms with E-state index in [0.29, 0.717) is 12.5 Å². The summed E-state index contributed by atoms with van der Waals surface area (Å²) in [4.78, 5) is -0.0255. The van der Waals surface area contributed by atoms with Crippen molar-refractivity contribution in [2.24, 2.45) is 5.92 Å². The Balaban J connectivity index is 2.72. The number of hydrogen-bond acceptors (Lipinski definition) is 3. The first kappa shape index (κ1) is 16.1. The molecule has 6 heteroatoms. The monoisotopic (exact) mass is 289 g/mol. The van der Waals surface area contributed by atoms with Gasteiger partial charge in [-0.05, 0) is 37.0 Å². The number of rotatable bonds is 7. The minimum absolute atomic E-state index is 0.0231. The third-order valence-electron chi connectivity index (χ3n) is 2.75. The van der Waals surface area contributed by atoms with E-state index in [1.807, 2.05) is 0 Å². The second-order valence-corrected chi connectivity index (χ2v) is 6.61. The predicted molar refractivity (Wildman–Crippen MR) is 71.6 cm³/mol. The van der Waals surface area contributed by atoms with E-state index in [2.05, 4.69) is 18.6 Å². The molecule has 0 radical (unpaired) electrons. The van der Waals surface area contributed by atoms with Gasteiger partial charge in [0.05, 0.1) is 11.5 Å². The van der Waals surface area contributed by atoms with Crippen molar-refractivity contribution < 1.29 is 17.9 Å². The van der Waals surface area contributed by atoms with Crippen LogP contribution in [-0.4, -0.2) is 20.1 Å². The molecule has 0 spiro atoms. The van der Waals surface area contributed by atoms with Crippen LogP contribution < -0.4 is 4.72 Å². The van der Waals surface area contributed by atoms with Crippen molar-refractivity contribution in [3.8, 4) is 0 Å². The van der Waals surface area contributed by atoms with E-state index in [1.165, 1.54) is 6.07 Å². The Bertz CT molecular complexity index is 515. The molecule has 0 saturated heterocycles. The van der Waals surface area contributed by atoms with Gasteiger partial charge in [0.15, 0.2) is 0 Å². The molecule has 1 rings (SSSR count).